The molecule has 0 aliphatic carbocycles. The number of guanidine groups is 1. The van der Waals surface area contributed by atoms with E-state index in [1.54, 1.807) is 12.3 Å². The van der Waals surface area contributed by atoms with Crippen molar-refractivity contribution in [3.8, 4) is 17.2 Å². The Hall–Kier alpha value is -2.31. The molecule has 1 aromatic carbocycles. The number of alkyl halides is 2. The average Bonchev–Trinajstić information content (AvgIpc) is 3.31. The Balaban J connectivity index is 0.00000341. The van der Waals surface area contributed by atoms with E-state index in [4.69, 9.17) is 9.47 Å². The molecule has 11 heteroatoms. The highest BCUT2D eigenvalue weighted by Gasteiger charge is 2.20. The number of aliphatic imine (C=N–C) groups is 1. The van der Waals surface area contributed by atoms with E-state index in [1.807, 2.05) is 13.1 Å². The fourth-order valence-corrected chi connectivity index (χ4v) is 3.03. The van der Waals surface area contributed by atoms with Crippen LogP contribution in [0.5, 0.6) is 17.2 Å². The first-order chi connectivity index (χ1) is 14.5. The number of aromatic nitrogens is 2. The van der Waals surface area contributed by atoms with Crippen LogP contribution in [0.25, 0.3) is 0 Å². The zero-order valence-electron chi connectivity index (χ0n) is 17.7. The molecule has 0 saturated carbocycles. The molecular formula is C20H28F2IN5O3. The molecule has 31 heavy (non-hydrogen) atoms. The van der Waals surface area contributed by atoms with Crippen LogP contribution in [0.4, 0.5) is 8.78 Å². The van der Waals surface area contributed by atoms with Gasteiger partial charge in [0, 0.05) is 37.1 Å². The van der Waals surface area contributed by atoms with Crippen LogP contribution in [0.15, 0.2) is 29.5 Å². The molecule has 1 aliphatic heterocycles. The summed E-state index contributed by atoms with van der Waals surface area (Å²) in [4.78, 5) is 8.89. The van der Waals surface area contributed by atoms with Gasteiger partial charge in [0.2, 0.25) is 6.79 Å². The molecule has 3 rings (SSSR count). The Morgan fingerprint density at radius 1 is 1.26 bits per heavy atom. The number of hydrogen-bond acceptors (Lipinski definition) is 5. The van der Waals surface area contributed by atoms with E-state index in [9.17, 15) is 8.78 Å². The second-order valence-electron chi connectivity index (χ2n) is 7.13. The number of ether oxygens (including phenoxy) is 3. The van der Waals surface area contributed by atoms with Gasteiger partial charge < -0.3 is 29.4 Å². The normalized spacial score (nSPS) is 12.8. The largest absolute Gasteiger partial charge is 0.454 e. The summed E-state index contributed by atoms with van der Waals surface area (Å²) in [6, 6.07) is 3.02. The Morgan fingerprint density at radius 3 is 2.68 bits per heavy atom. The van der Waals surface area contributed by atoms with E-state index in [-0.39, 0.29) is 43.1 Å². The average molecular weight is 551 g/mol. The molecule has 2 aromatic rings. The van der Waals surface area contributed by atoms with Gasteiger partial charge in [0.05, 0.1) is 13.1 Å². The first kappa shape index (κ1) is 25.0. The molecule has 0 fully saturated rings. The van der Waals surface area contributed by atoms with Crippen LogP contribution >= 0.6 is 24.0 Å². The third-order valence-corrected chi connectivity index (χ3v) is 4.30. The number of imidazole rings is 1. The molecule has 1 aromatic heterocycles. The van der Waals surface area contributed by atoms with Gasteiger partial charge in [-0.15, -0.1) is 24.0 Å². The number of fused-ring (bicyclic) bond motifs is 1. The Bertz CT molecular complexity index is 876. The van der Waals surface area contributed by atoms with Crippen molar-refractivity contribution in [1.82, 2.24) is 20.2 Å². The topological polar surface area (TPSA) is 81.9 Å². The van der Waals surface area contributed by atoms with E-state index in [2.05, 4.69) is 43.8 Å². The summed E-state index contributed by atoms with van der Waals surface area (Å²) in [5.74, 6) is 2.80. The zero-order valence-corrected chi connectivity index (χ0v) is 20.1. The highest BCUT2D eigenvalue weighted by atomic mass is 127. The summed E-state index contributed by atoms with van der Waals surface area (Å²) in [7, 11) is 0. The van der Waals surface area contributed by atoms with Crippen LogP contribution in [0.3, 0.4) is 0 Å². The maximum absolute atomic E-state index is 12.8. The van der Waals surface area contributed by atoms with Crippen molar-refractivity contribution in [2.24, 2.45) is 10.9 Å². The standard InChI is InChI=1S/C20H27F2N5O3.HI/c1-4-23-20(26-10-18-24-5-6-27(18)11-13(2)3)25-9-14-7-16-17(29-12-28-16)8-15(14)30-19(21)22;/h5-8,13,19H,4,9-12H2,1-3H3,(H2,23,25,26);1H. The predicted octanol–water partition coefficient (Wildman–Crippen LogP) is 3.74. The van der Waals surface area contributed by atoms with Crippen molar-refractivity contribution in [2.75, 3.05) is 13.3 Å². The van der Waals surface area contributed by atoms with Crippen LogP contribution in [0, 0.1) is 5.92 Å². The SMILES string of the molecule is CCNC(=NCc1cc2c(cc1OC(F)F)OCO2)NCc1nccn1CC(C)C.I. The lowest BCUT2D eigenvalue weighted by molar-refractivity contribution is -0.0505. The smallest absolute Gasteiger partial charge is 0.387 e. The highest BCUT2D eigenvalue weighted by molar-refractivity contribution is 14.0. The zero-order chi connectivity index (χ0) is 21.5. The molecular weight excluding hydrogens is 523 g/mol. The minimum Gasteiger partial charge on any atom is -0.454 e. The molecule has 2 heterocycles. The van der Waals surface area contributed by atoms with Crippen molar-refractivity contribution in [3.63, 3.8) is 0 Å². The number of halogens is 3. The van der Waals surface area contributed by atoms with E-state index >= 15 is 0 Å². The van der Waals surface area contributed by atoms with E-state index in [0.29, 0.717) is 42.0 Å². The van der Waals surface area contributed by atoms with Crippen LogP contribution in [0.1, 0.15) is 32.2 Å². The number of hydrogen-bond donors (Lipinski definition) is 2. The molecule has 0 atom stereocenters. The number of nitrogens with one attached hydrogen (secondary N) is 2. The summed E-state index contributed by atoms with van der Waals surface area (Å²) >= 11 is 0. The van der Waals surface area contributed by atoms with Gasteiger partial charge in [-0.05, 0) is 18.9 Å². The van der Waals surface area contributed by atoms with Gasteiger partial charge in [-0.25, -0.2) is 9.98 Å². The van der Waals surface area contributed by atoms with Crippen molar-refractivity contribution in [3.05, 3.63) is 35.9 Å². The second-order valence-corrected chi connectivity index (χ2v) is 7.13. The van der Waals surface area contributed by atoms with Gasteiger partial charge in [0.1, 0.15) is 11.6 Å². The van der Waals surface area contributed by atoms with Crippen LogP contribution in [-0.2, 0) is 19.6 Å². The van der Waals surface area contributed by atoms with Crippen LogP contribution < -0.4 is 24.8 Å². The van der Waals surface area contributed by atoms with Gasteiger partial charge in [-0.3, -0.25) is 0 Å². The lowest BCUT2D eigenvalue weighted by atomic mass is 10.1. The molecule has 0 amide bonds. The van der Waals surface area contributed by atoms with Crippen molar-refractivity contribution < 1.29 is 23.0 Å². The van der Waals surface area contributed by atoms with Gasteiger partial charge in [0.25, 0.3) is 0 Å². The maximum Gasteiger partial charge on any atom is 0.387 e. The molecule has 1 aliphatic rings. The van der Waals surface area contributed by atoms with Gasteiger partial charge >= 0.3 is 6.61 Å². The van der Waals surface area contributed by atoms with E-state index in [0.717, 1.165) is 12.4 Å². The van der Waals surface area contributed by atoms with Crippen molar-refractivity contribution in [1.29, 1.82) is 0 Å². The van der Waals surface area contributed by atoms with Crippen LogP contribution in [-0.4, -0.2) is 35.5 Å². The monoisotopic (exact) mass is 551 g/mol. The first-order valence-corrected chi connectivity index (χ1v) is 9.85. The Kier molecular flexibility index (Phi) is 9.59. The van der Waals surface area contributed by atoms with Crippen molar-refractivity contribution >= 4 is 29.9 Å². The Morgan fingerprint density at radius 2 is 2.00 bits per heavy atom. The summed E-state index contributed by atoms with van der Waals surface area (Å²) in [6.45, 7) is 5.46. The van der Waals surface area contributed by atoms with Gasteiger partial charge in [0.15, 0.2) is 17.5 Å². The lowest BCUT2D eigenvalue weighted by Gasteiger charge is -2.14. The number of benzene rings is 1. The quantitative estimate of drug-likeness (QED) is 0.281. The fraction of sp³-hybridized carbons (Fsp3) is 0.500. The number of nitrogens with zero attached hydrogens (tertiary/aromatic N) is 3. The summed E-state index contributed by atoms with van der Waals surface area (Å²) < 4.78 is 42.9. The number of rotatable bonds is 9. The maximum atomic E-state index is 12.8. The second kappa shape index (κ2) is 11.9. The summed E-state index contributed by atoms with van der Waals surface area (Å²) in [5, 5.41) is 6.38. The van der Waals surface area contributed by atoms with Crippen molar-refractivity contribution in [2.45, 2.75) is 47.0 Å². The first-order valence-electron chi connectivity index (χ1n) is 9.85. The van der Waals surface area contributed by atoms with Crippen LogP contribution in [0.2, 0.25) is 0 Å². The minimum absolute atomic E-state index is 0. The van der Waals surface area contributed by atoms with E-state index in [1.165, 1.54) is 6.07 Å². The molecule has 0 saturated heterocycles. The third-order valence-electron chi connectivity index (χ3n) is 4.30. The van der Waals surface area contributed by atoms with Gasteiger partial charge in [-0.2, -0.15) is 8.78 Å². The predicted molar refractivity (Wildman–Crippen MR) is 123 cm³/mol. The highest BCUT2D eigenvalue weighted by Crippen LogP contribution is 2.39. The minimum atomic E-state index is -2.95. The molecule has 0 spiro atoms. The molecule has 2 N–H and O–H groups in total. The molecule has 0 radical (unpaired) electrons. The fourth-order valence-electron chi connectivity index (χ4n) is 3.03. The molecule has 0 bridgehead atoms. The molecule has 0 unspecified atom stereocenters. The van der Waals surface area contributed by atoms with Gasteiger partial charge in [-0.1, -0.05) is 13.8 Å². The molecule has 8 nitrogen and oxygen atoms in total. The third kappa shape index (κ3) is 7.11. The summed E-state index contributed by atoms with van der Waals surface area (Å²) in [6.07, 6.45) is 3.71. The summed E-state index contributed by atoms with van der Waals surface area (Å²) in [5.41, 5.74) is 0.470. The molecule has 172 valence electrons. The lowest BCUT2D eigenvalue weighted by Crippen LogP contribution is -2.37. The Labute approximate surface area is 197 Å². The van der Waals surface area contributed by atoms with E-state index < -0.39 is 6.61 Å².